The maximum Gasteiger partial charge on any atom is 0.411 e. The Morgan fingerprint density at radius 1 is 1.00 bits per heavy atom. The van der Waals surface area contributed by atoms with Crippen molar-refractivity contribution >= 4 is 23.0 Å². The number of rotatable bonds is 8. The van der Waals surface area contributed by atoms with E-state index in [0.717, 1.165) is 35.5 Å². The minimum absolute atomic E-state index is 0.0442. The Morgan fingerprint density at radius 2 is 1.71 bits per heavy atom. The maximum absolute atomic E-state index is 15.0. The first kappa shape index (κ1) is 30.6. The Hall–Kier alpha value is -4.47. The zero-order valence-electron chi connectivity index (χ0n) is 25.8. The first-order chi connectivity index (χ1) is 21.6. The van der Waals surface area contributed by atoms with E-state index in [1.54, 1.807) is 25.7 Å². The van der Waals surface area contributed by atoms with E-state index in [0.29, 0.717) is 25.1 Å². The van der Waals surface area contributed by atoms with Crippen LogP contribution in [0.4, 0.5) is 13.6 Å². The molecule has 3 aromatic carbocycles. The van der Waals surface area contributed by atoms with E-state index in [2.05, 4.69) is 9.55 Å². The Labute approximate surface area is 261 Å². The van der Waals surface area contributed by atoms with Crippen LogP contribution >= 0.6 is 0 Å². The van der Waals surface area contributed by atoms with Gasteiger partial charge in [-0.25, -0.2) is 18.6 Å². The standard InChI is InChI=1S/C35H38F2N4O4/c1-35(2,3)45-34(43)40(20-32(42)39-15-13-25(14-16-39)41-22-38-29-11-7-8-12-30(29)41)31-19-26(31)27-17-24(36)18-28(37)33(27)44-21-23-9-5-4-6-10-23/h4-12,17-18,22,25-26,31H,13-16,19-21H2,1-3H3/t26-,31+/m0/s1. The van der Waals surface area contributed by atoms with E-state index in [9.17, 15) is 14.0 Å². The van der Waals surface area contributed by atoms with Crippen molar-refractivity contribution in [3.05, 3.63) is 95.8 Å². The van der Waals surface area contributed by atoms with Crippen molar-refractivity contribution in [2.75, 3.05) is 19.6 Å². The number of para-hydroxylation sites is 2. The summed E-state index contributed by atoms with van der Waals surface area (Å²) in [4.78, 5) is 34.7. The van der Waals surface area contributed by atoms with Crippen LogP contribution in [0.1, 0.15) is 63.1 Å². The molecule has 1 saturated carbocycles. The number of aromatic nitrogens is 2. The lowest BCUT2D eigenvalue weighted by Gasteiger charge is -2.35. The summed E-state index contributed by atoms with van der Waals surface area (Å²) in [7, 11) is 0. The van der Waals surface area contributed by atoms with Crippen LogP contribution in [0.25, 0.3) is 11.0 Å². The van der Waals surface area contributed by atoms with E-state index >= 15 is 4.39 Å². The molecule has 6 rings (SSSR count). The molecule has 2 fully saturated rings. The van der Waals surface area contributed by atoms with Crippen LogP contribution < -0.4 is 4.74 Å². The molecule has 0 spiro atoms. The predicted octanol–water partition coefficient (Wildman–Crippen LogP) is 6.85. The lowest BCUT2D eigenvalue weighted by molar-refractivity contribution is -0.133. The summed E-state index contributed by atoms with van der Waals surface area (Å²) in [6, 6.07) is 19.1. The number of imidazole rings is 1. The van der Waals surface area contributed by atoms with Crippen molar-refractivity contribution < 1.29 is 27.8 Å². The van der Waals surface area contributed by atoms with E-state index < -0.39 is 35.3 Å². The van der Waals surface area contributed by atoms with E-state index in [4.69, 9.17) is 9.47 Å². The van der Waals surface area contributed by atoms with Gasteiger partial charge in [-0.1, -0.05) is 42.5 Å². The number of fused-ring (bicyclic) bond motifs is 1. The normalized spacial score (nSPS) is 18.6. The molecule has 2 amide bonds. The van der Waals surface area contributed by atoms with Gasteiger partial charge in [0.1, 0.15) is 24.6 Å². The highest BCUT2D eigenvalue weighted by molar-refractivity contribution is 5.83. The van der Waals surface area contributed by atoms with E-state index in [1.807, 2.05) is 60.9 Å². The highest BCUT2D eigenvalue weighted by Crippen LogP contribution is 2.49. The molecule has 1 aliphatic carbocycles. The van der Waals surface area contributed by atoms with Gasteiger partial charge in [0, 0.05) is 42.7 Å². The molecule has 236 valence electrons. The molecule has 2 aliphatic rings. The second-order valence-electron chi connectivity index (χ2n) is 12.9. The summed E-state index contributed by atoms with van der Waals surface area (Å²) >= 11 is 0. The van der Waals surface area contributed by atoms with Crippen molar-refractivity contribution in [1.82, 2.24) is 19.4 Å². The van der Waals surface area contributed by atoms with Crippen LogP contribution in [0, 0.1) is 11.6 Å². The number of nitrogens with zero attached hydrogens (tertiary/aromatic N) is 4. The fourth-order valence-corrected chi connectivity index (χ4v) is 6.14. The molecule has 4 aromatic rings. The summed E-state index contributed by atoms with van der Waals surface area (Å²) in [5.74, 6) is -2.18. The van der Waals surface area contributed by atoms with Crippen LogP contribution in [0.15, 0.2) is 73.1 Å². The molecule has 45 heavy (non-hydrogen) atoms. The van der Waals surface area contributed by atoms with Gasteiger partial charge < -0.3 is 18.9 Å². The SMILES string of the molecule is CC(C)(C)OC(=O)N(CC(=O)N1CCC(n2cnc3ccccc32)CC1)[C@@H]1C[C@H]1c1cc(F)cc(F)c1OCc1ccccc1. The van der Waals surface area contributed by atoms with Crippen LogP contribution in [0.3, 0.4) is 0 Å². The Bertz CT molecular complexity index is 1680. The molecule has 1 aliphatic heterocycles. The predicted molar refractivity (Wildman–Crippen MR) is 166 cm³/mol. The molecule has 8 nitrogen and oxygen atoms in total. The lowest BCUT2D eigenvalue weighted by Crippen LogP contribution is -2.48. The van der Waals surface area contributed by atoms with Gasteiger partial charge in [0.25, 0.3) is 0 Å². The molecular formula is C35H38F2N4O4. The molecule has 2 atom stereocenters. The number of carbonyl (C=O) groups is 2. The van der Waals surface area contributed by atoms with Gasteiger partial charge in [-0.2, -0.15) is 0 Å². The molecule has 10 heteroatoms. The van der Waals surface area contributed by atoms with Crippen molar-refractivity contribution in [1.29, 1.82) is 0 Å². The summed E-state index contributed by atoms with van der Waals surface area (Å²) < 4.78 is 43.3. The number of hydrogen-bond acceptors (Lipinski definition) is 5. The highest BCUT2D eigenvalue weighted by Gasteiger charge is 2.49. The average molecular weight is 617 g/mol. The molecule has 1 aromatic heterocycles. The Morgan fingerprint density at radius 3 is 2.44 bits per heavy atom. The average Bonchev–Trinajstić information content (AvgIpc) is 3.68. The van der Waals surface area contributed by atoms with Gasteiger partial charge >= 0.3 is 6.09 Å². The molecule has 1 saturated heterocycles. The number of ether oxygens (including phenoxy) is 2. The molecule has 2 heterocycles. The summed E-state index contributed by atoms with van der Waals surface area (Å²) in [6.45, 7) is 6.28. The minimum Gasteiger partial charge on any atom is -0.486 e. The van der Waals surface area contributed by atoms with Crippen LogP contribution in [-0.4, -0.2) is 62.6 Å². The van der Waals surface area contributed by atoms with Gasteiger partial charge in [-0.05, 0) is 63.8 Å². The number of likely N-dealkylation sites (tertiary alicyclic amines) is 1. The van der Waals surface area contributed by atoms with Gasteiger partial charge in [0.05, 0.1) is 17.4 Å². The zero-order chi connectivity index (χ0) is 31.7. The monoisotopic (exact) mass is 616 g/mol. The summed E-state index contributed by atoms with van der Waals surface area (Å²) in [5, 5.41) is 0. The quantitative estimate of drug-likeness (QED) is 0.217. The van der Waals surface area contributed by atoms with Crippen LogP contribution in [0.2, 0.25) is 0 Å². The van der Waals surface area contributed by atoms with Crippen LogP contribution in [-0.2, 0) is 16.1 Å². The third kappa shape index (κ3) is 6.95. The first-order valence-electron chi connectivity index (χ1n) is 15.4. The van der Waals surface area contributed by atoms with Crippen molar-refractivity contribution in [2.45, 2.75) is 70.2 Å². The van der Waals surface area contributed by atoms with Gasteiger partial charge in [0.15, 0.2) is 11.6 Å². The highest BCUT2D eigenvalue weighted by atomic mass is 19.1. The van der Waals surface area contributed by atoms with Gasteiger partial charge in [0.2, 0.25) is 5.91 Å². The molecule has 0 bridgehead atoms. The minimum atomic E-state index is -0.806. The van der Waals surface area contributed by atoms with Gasteiger partial charge in [-0.15, -0.1) is 0 Å². The number of carbonyl (C=O) groups excluding carboxylic acids is 2. The smallest absolute Gasteiger partial charge is 0.411 e. The number of halogens is 2. The first-order valence-corrected chi connectivity index (χ1v) is 15.4. The fraction of sp³-hybridized carbons (Fsp3) is 0.400. The van der Waals surface area contributed by atoms with Crippen molar-refractivity contribution in [2.24, 2.45) is 0 Å². The summed E-state index contributed by atoms with van der Waals surface area (Å²) in [5.41, 5.74) is 2.39. The third-order valence-corrected chi connectivity index (χ3v) is 8.44. The number of amides is 2. The Balaban J connectivity index is 1.16. The topological polar surface area (TPSA) is 76.9 Å². The lowest BCUT2D eigenvalue weighted by atomic mass is 10.0. The Kier molecular flexibility index (Phi) is 8.48. The molecule has 0 N–H and O–H groups in total. The number of piperidine rings is 1. The van der Waals surface area contributed by atoms with Gasteiger partial charge in [-0.3, -0.25) is 9.69 Å². The van der Waals surface area contributed by atoms with E-state index in [1.165, 1.54) is 11.0 Å². The largest absolute Gasteiger partial charge is 0.486 e. The van der Waals surface area contributed by atoms with Crippen LogP contribution in [0.5, 0.6) is 5.75 Å². The zero-order valence-corrected chi connectivity index (χ0v) is 25.8. The summed E-state index contributed by atoms with van der Waals surface area (Å²) in [6.07, 6.45) is 3.17. The molecular weight excluding hydrogens is 578 g/mol. The molecule has 0 unspecified atom stereocenters. The van der Waals surface area contributed by atoms with Crippen molar-refractivity contribution in [3.63, 3.8) is 0 Å². The number of hydrogen-bond donors (Lipinski definition) is 0. The molecule has 0 radical (unpaired) electrons. The second-order valence-corrected chi connectivity index (χ2v) is 12.9. The fourth-order valence-electron chi connectivity index (χ4n) is 6.14. The van der Waals surface area contributed by atoms with Crippen molar-refractivity contribution in [3.8, 4) is 5.75 Å². The third-order valence-electron chi connectivity index (χ3n) is 8.44. The maximum atomic E-state index is 15.0. The second kappa shape index (κ2) is 12.5. The van der Waals surface area contributed by atoms with E-state index in [-0.39, 0.29) is 30.9 Å². The number of benzene rings is 3.